The average molecular weight is 315 g/mol. The number of hydrogen-bond donors (Lipinski definition) is 0. The van der Waals surface area contributed by atoms with Crippen molar-refractivity contribution in [3.8, 4) is 0 Å². The maximum absolute atomic E-state index is 14.1. The molecule has 2 rings (SSSR count). The number of rotatable bonds is 2. The first kappa shape index (κ1) is 15.5. The van der Waals surface area contributed by atoms with Gasteiger partial charge in [0.05, 0.1) is 5.38 Å². The molecule has 1 atom stereocenters. The zero-order valence-corrected chi connectivity index (χ0v) is 13.5. The first-order valence-electron chi connectivity index (χ1n) is 6.40. The third-order valence-corrected chi connectivity index (χ3v) is 5.35. The Hall–Kier alpha value is -0.930. The second-order valence-corrected chi connectivity index (χ2v) is 7.46. The predicted octanol–water partition coefficient (Wildman–Crippen LogP) is 5.96. The van der Waals surface area contributed by atoms with Gasteiger partial charge in [0, 0.05) is 15.3 Å². The van der Waals surface area contributed by atoms with E-state index in [9.17, 15) is 8.78 Å². The minimum absolute atomic E-state index is 0.00319. The van der Waals surface area contributed by atoms with Crippen LogP contribution in [0.4, 0.5) is 8.78 Å². The SMILES string of the molecule is Cc1ccc(F)c(C(Cl)c2ccc(C(C)(C)C)s2)c1F. The molecule has 0 aliphatic carbocycles. The summed E-state index contributed by atoms with van der Waals surface area (Å²) in [6.45, 7) is 7.90. The highest BCUT2D eigenvalue weighted by Crippen LogP contribution is 2.39. The summed E-state index contributed by atoms with van der Waals surface area (Å²) < 4.78 is 28.0. The molecule has 0 spiro atoms. The van der Waals surface area contributed by atoms with Gasteiger partial charge in [-0.05, 0) is 36.1 Å². The Kier molecular flexibility index (Phi) is 4.22. The summed E-state index contributed by atoms with van der Waals surface area (Å²) in [5, 5.41) is -0.795. The average Bonchev–Trinajstić information content (AvgIpc) is 2.83. The zero-order chi connectivity index (χ0) is 15.1. The minimum Gasteiger partial charge on any atom is -0.207 e. The molecule has 1 heterocycles. The third kappa shape index (κ3) is 2.89. The van der Waals surface area contributed by atoms with E-state index >= 15 is 0 Å². The number of halogens is 3. The van der Waals surface area contributed by atoms with E-state index in [1.807, 2.05) is 12.1 Å². The monoisotopic (exact) mass is 314 g/mol. The summed E-state index contributed by atoms with van der Waals surface area (Å²) in [7, 11) is 0. The van der Waals surface area contributed by atoms with Crippen LogP contribution < -0.4 is 0 Å². The lowest BCUT2D eigenvalue weighted by Crippen LogP contribution is -2.07. The van der Waals surface area contributed by atoms with Crippen LogP contribution in [0.15, 0.2) is 24.3 Å². The first-order chi connectivity index (χ1) is 9.21. The highest BCUT2D eigenvalue weighted by molar-refractivity contribution is 7.12. The van der Waals surface area contributed by atoms with Crippen LogP contribution >= 0.6 is 22.9 Å². The van der Waals surface area contributed by atoms with E-state index in [2.05, 4.69) is 20.8 Å². The predicted molar refractivity (Wildman–Crippen MR) is 81.8 cm³/mol. The van der Waals surface area contributed by atoms with Gasteiger partial charge >= 0.3 is 0 Å². The van der Waals surface area contributed by atoms with Crippen molar-refractivity contribution < 1.29 is 8.78 Å². The summed E-state index contributed by atoms with van der Waals surface area (Å²) in [6.07, 6.45) is 0. The summed E-state index contributed by atoms with van der Waals surface area (Å²) >= 11 is 7.81. The standard InChI is InChI=1S/C16H17ClF2S/c1-9-5-6-10(18)13(15(9)19)14(17)11-7-8-12(20-11)16(2,3)4/h5-8,14H,1-4H3. The van der Waals surface area contributed by atoms with Crippen LogP contribution in [0.2, 0.25) is 0 Å². The number of aryl methyl sites for hydroxylation is 1. The second-order valence-electron chi connectivity index (χ2n) is 5.91. The molecule has 0 saturated carbocycles. The van der Waals surface area contributed by atoms with Gasteiger partial charge in [0.15, 0.2) is 0 Å². The molecular formula is C16H17ClF2S. The Bertz CT molecular complexity index is 626. The molecule has 0 fully saturated rings. The van der Waals surface area contributed by atoms with Crippen LogP contribution in [0.1, 0.15) is 47.0 Å². The molecule has 0 aliphatic rings. The molecule has 1 aromatic carbocycles. The van der Waals surface area contributed by atoms with E-state index in [4.69, 9.17) is 11.6 Å². The van der Waals surface area contributed by atoms with Gasteiger partial charge in [-0.2, -0.15) is 0 Å². The molecule has 108 valence electrons. The molecule has 4 heteroatoms. The van der Waals surface area contributed by atoms with Crippen molar-refractivity contribution in [2.75, 3.05) is 0 Å². The Morgan fingerprint density at radius 3 is 2.30 bits per heavy atom. The van der Waals surface area contributed by atoms with Crippen LogP contribution in [-0.4, -0.2) is 0 Å². The van der Waals surface area contributed by atoms with Gasteiger partial charge < -0.3 is 0 Å². The van der Waals surface area contributed by atoms with E-state index in [1.165, 1.54) is 23.5 Å². The van der Waals surface area contributed by atoms with Gasteiger partial charge in [0.25, 0.3) is 0 Å². The number of alkyl halides is 1. The molecule has 0 saturated heterocycles. The fourth-order valence-corrected chi connectivity index (χ4v) is 3.41. The third-order valence-electron chi connectivity index (χ3n) is 3.19. The summed E-state index contributed by atoms with van der Waals surface area (Å²) in [6, 6.07) is 6.51. The lowest BCUT2D eigenvalue weighted by Gasteiger charge is -2.16. The Morgan fingerprint density at radius 2 is 1.75 bits per heavy atom. The Morgan fingerprint density at radius 1 is 1.10 bits per heavy atom. The molecule has 0 amide bonds. The molecule has 0 nitrogen and oxygen atoms in total. The highest BCUT2D eigenvalue weighted by atomic mass is 35.5. The molecule has 0 bridgehead atoms. The van der Waals surface area contributed by atoms with E-state index in [1.54, 1.807) is 6.92 Å². The normalized spacial score (nSPS) is 13.6. The van der Waals surface area contributed by atoms with E-state index in [-0.39, 0.29) is 11.0 Å². The van der Waals surface area contributed by atoms with Crippen LogP contribution in [-0.2, 0) is 5.41 Å². The van der Waals surface area contributed by atoms with Gasteiger partial charge in [-0.3, -0.25) is 0 Å². The molecule has 0 aliphatic heterocycles. The van der Waals surface area contributed by atoms with Crippen molar-refractivity contribution in [3.63, 3.8) is 0 Å². The maximum atomic E-state index is 14.1. The fourth-order valence-electron chi connectivity index (χ4n) is 1.95. The van der Waals surface area contributed by atoms with Crippen molar-refractivity contribution in [3.05, 3.63) is 56.8 Å². The minimum atomic E-state index is -0.795. The van der Waals surface area contributed by atoms with Gasteiger partial charge in [-0.1, -0.05) is 26.8 Å². The van der Waals surface area contributed by atoms with Crippen molar-refractivity contribution >= 4 is 22.9 Å². The van der Waals surface area contributed by atoms with E-state index in [0.29, 0.717) is 5.56 Å². The van der Waals surface area contributed by atoms with E-state index < -0.39 is 17.0 Å². The Labute approximate surface area is 127 Å². The summed E-state index contributed by atoms with van der Waals surface area (Å²) in [4.78, 5) is 1.91. The molecule has 1 unspecified atom stereocenters. The van der Waals surface area contributed by atoms with Crippen LogP contribution in [0, 0.1) is 18.6 Å². The highest BCUT2D eigenvalue weighted by Gasteiger charge is 2.24. The summed E-state index contributed by atoms with van der Waals surface area (Å²) in [5.41, 5.74) is 0.345. The maximum Gasteiger partial charge on any atom is 0.134 e. The Balaban J connectivity index is 2.44. The van der Waals surface area contributed by atoms with Crippen molar-refractivity contribution in [1.82, 2.24) is 0 Å². The second kappa shape index (κ2) is 5.45. The summed E-state index contributed by atoms with van der Waals surface area (Å²) in [5.74, 6) is -1.16. The van der Waals surface area contributed by atoms with Gasteiger partial charge in [-0.25, -0.2) is 8.78 Å². The van der Waals surface area contributed by atoms with Crippen molar-refractivity contribution in [2.24, 2.45) is 0 Å². The molecule has 0 N–H and O–H groups in total. The smallest absolute Gasteiger partial charge is 0.134 e. The topological polar surface area (TPSA) is 0 Å². The van der Waals surface area contributed by atoms with Crippen molar-refractivity contribution in [1.29, 1.82) is 0 Å². The van der Waals surface area contributed by atoms with Gasteiger partial charge in [-0.15, -0.1) is 22.9 Å². The first-order valence-corrected chi connectivity index (χ1v) is 7.66. The molecule has 2 aromatic rings. The number of hydrogen-bond acceptors (Lipinski definition) is 1. The van der Waals surface area contributed by atoms with Crippen LogP contribution in [0.3, 0.4) is 0 Å². The van der Waals surface area contributed by atoms with Crippen LogP contribution in [0.5, 0.6) is 0 Å². The molecule has 20 heavy (non-hydrogen) atoms. The molecule has 1 aromatic heterocycles. The van der Waals surface area contributed by atoms with Gasteiger partial charge in [0.2, 0.25) is 0 Å². The molecule has 0 radical (unpaired) electrons. The quantitative estimate of drug-likeness (QED) is 0.600. The zero-order valence-electron chi connectivity index (χ0n) is 11.9. The van der Waals surface area contributed by atoms with Crippen LogP contribution in [0.25, 0.3) is 0 Å². The van der Waals surface area contributed by atoms with E-state index in [0.717, 1.165) is 9.75 Å². The largest absolute Gasteiger partial charge is 0.207 e. The fraction of sp³-hybridized carbons (Fsp3) is 0.375. The molecular weight excluding hydrogens is 298 g/mol. The lowest BCUT2D eigenvalue weighted by atomic mass is 9.95. The number of benzene rings is 1. The number of thiophene rings is 1. The lowest BCUT2D eigenvalue weighted by molar-refractivity contribution is 0.554. The van der Waals surface area contributed by atoms with Crippen molar-refractivity contribution in [2.45, 2.75) is 38.5 Å². The van der Waals surface area contributed by atoms with Gasteiger partial charge in [0.1, 0.15) is 11.6 Å².